The van der Waals surface area contributed by atoms with Crippen LogP contribution in [0.3, 0.4) is 0 Å². The summed E-state index contributed by atoms with van der Waals surface area (Å²) in [5, 5.41) is 12.7. The molecule has 1 saturated heterocycles. The van der Waals surface area contributed by atoms with E-state index < -0.39 is 6.09 Å². The lowest BCUT2D eigenvalue weighted by atomic mass is 10.1. The SMILES string of the molecule is N#CCC1CNCCN1C(=O)Oc1ncnc2ccccc12. The Balaban J connectivity index is 1.82. The topological polar surface area (TPSA) is 91.1 Å². The number of nitrogens with one attached hydrogen (secondary N) is 1. The standard InChI is InChI=1S/C15H15N5O2/c16-6-5-11-9-17-7-8-20(11)15(21)22-14-12-3-1-2-4-13(12)18-10-19-14/h1-4,10-11,17H,5,7-9H2. The number of hydrogen-bond acceptors (Lipinski definition) is 6. The van der Waals surface area contributed by atoms with Crippen LogP contribution in [0.1, 0.15) is 6.42 Å². The normalized spacial score (nSPS) is 18.0. The predicted molar refractivity (Wildman–Crippen MR) is 79.2 cm³/mol. The largest absolute Gasteiger partial charge is 0.416 e. The van der Waals surface area contributed by atoms with Gasteiger partial charge in [-0.05, 0) is 12.1 Å². The first-order chi connectivity index (χ1) is 10.8. The number of aromatic nitrogens is 2. The summed E-state index contributed by atoms with van der Waals surface area (Å²) in [6, 6.07) is 9.26. The van der Waals surface area contributed by atoms with E-state index in [1.165, 1.54) is 6.33 Å². The molecule has 3 rings (SSSR count). The molecule has 1 amide bonds. The zero-order chi connectivity index (χ0) is 15.4. The Labute approximate surface area is 127 Å². The van der Waals surface area contributed by atoms with E-state index in [9.17, 15) is 4.79 Å². The zero-order valence-electron chi connectivity index (χ0n) is 11.9. The van der Waals surface area contributed by atoms with Gasteiger partial charge in [0.2, 0.25) is 5.88 Å². The van der Waals surface area contributed by atoms with Crippen molar-refractivity contribution in [2.45, 2.75) is 12.5 Å². The number of fused-ring (bicyclic) bond motifs is 1. The van der Waals surface area contributed by atoms with Crippen LogP contribution in [-0.4, -0.2) is 46.6 Å². The van der Waals surface area contributed by atoms with Crippen molar-refractivity contribution >= 4 is 17.0 Å². The quantitative estimate of drug-likeness (QED) is 0.899. The molecule has 1 aromatic carbocycles. The second-order valence-electron chi connectivity index (χ2n) is 4.98. The summed E-state index contributed by atoms with van der Waals surface area (Å²) < 4.78 is 5.44. The van der Waals surface area contributed by atoms with Gasteiger partial charge in [-0.15, -0.1) is 0 Å². The molecule has 1 fully saturated rings. The maximum atomic E-state index is 12.4. The van der Waals surface area contributed by atoms with Gasteiger partial charge in [-0.1, -0.05) is 12.1 Å². The Morgan fingerprint density at radius 1 is 1.45 bits per heavy atom. The molecule has 7 heteroatoms. The maximum Gasteiger partial charge on any atom is 0.416 e. The molecular weight excluding hydrogens is 282 g/mol. The number of amides is 1. The number of rotatable bonds is 2. The molecule has 1 aliphatic rings. The lowest BCUT2D eigenvalue weighted by molar-refractivity contribution is 0.119. The molecule has 1 unspecified atom stereocenters. The number of ether oxygens (including phenoxy) is 1. The minimum atomic E-state index is -0.481. The molecular formula is C15H15N5O2. The van der Waals surface area contributed by atoms with E-state index >= 15 is 0 Å². The van der Waals surface area contributed by atoms with Crippen LogP contribution in [0.5, 0.6) is 5.88 Å². The van der Waals surface area contributed by atoms with Gasteiger partial charge in [0.1, 0.15) is 6.33 Å². The molecule has 1 aliphatic heterocycles. The van der Waals surface area contributed by atoms with E-state index in [1.54, 1.807) is 4.90 Å². The molecule has 7 nitrogen and oxygen atoms in total. The number of carbonyl (C=O) groups is 1. The van der Waals surface area contributed by atoms with E-state index in [0.717, 1.165) is 0 Å². The maximum absolute atomic E-state index is 12.4. The van der Waals surface area contributed by atoms with E-state index in [0.29, 0.717) is 30.5 Å². The number of nitrogens with zero attached hydrogens (tertiary/aromatic N) is 4. The second kappa shape index (κ2) is 6.37. The fourth-order valence-electron chi connectivity index (χ4n) is 2.49. The summed E-state index contributed by atoms with van der Waals surface area (Å²) in [6.45, 7) is 1.78. The number of para-hydroxylation sites is 1. The molecule has 0 radical (unpaired) electrons. The first kappa shape index (κ1) is 14.2. The van der Waals surface area contributed by atoms with E-state index in [-0.39, 0.29) is 18.3 Å². The summed E-state index contributed by atoms with van der Waals surface area (Å²) in [4.78, 5) is 22.2. The summed E-state index contributed by atoms with van der Waals surface area (Å²) >= 11 is 0. The molecule has 0 spiro atoms. The molecule has 0 aliphatic carbocycles. The average molecular weight is 297 g/mol. The molecule has 2 heterocycles. The van der Waals surface area contributed by atoms with Crippen LogP contribution in [0.25, 0.3) is 10.9 Å². The van der Waals surface area contributed by atoms with Gasteiger partial charge in [0.05, 0.1) is 29.4 Å². The lowest BCUT2D eigenvalue weighted by Crippen LogP contribution is -2.54. The van der Waals surface area contributed by atoms with Crippen molar-refractivity contribution in [2.24, 2.45) is 0 Å². The predicted octanol–water partition coefficient (Wildman–Crippen LogP) is 1.32. The van der Waals surface area contributed by atoms with E-state index in [2.05, 4.69) is 21.4 Å². The fraction of sp³-hybridized carbons (Fsp3) is 0.333. The van der Waals surface area contributed by atoms with Crippen molar-refractivity contribution in [3.8, 4) is 11.9 Å². The van der Waals surface area contributed by atoms with Gasteiger partial charge in [-0.2, -0.15) is 5.26 Å². The highest BCUT2D eigenvalue weighted by Crippen LogP contribution is 2.21. The lowest BCUT2D eigenvalue weighted by Gasteiger charge is -2.33. The van der Waals surface area contributed by atoms with Crippen LogP contribution in [0.2, 0.25) is 0 Å². The Bertz CT molecular complexity index is 722. The van der Waals surface area contributed by atoms with Gasteiger partial charge in [-0.25, -0.2) is 14.8 Å². The first-order valence-corrected chi connectivity index (χ1v) is 7.05. The van der Waals surface area contributed by atoms with Crippen molar-refractivity contribution in [1.82, 2.24) is 20.2 Å². The van der Waals surface area contributed by atoms with Gasteiger partial charge in [-0.3, -0.25) is 0 Å². The van der Waals surface area contributed by atoms with Crippen LogP contribution in [0, 0.1) is 11.3 Å². The van der Waals surface area contributed by atoms with Crippen molar-refractivity contribution < 1.29 is 9.53 Å². The summed E-state index contributed by atoms with van der Waals surface area (Å²) in [6.07, 6.45) is 1.16. The third-order valence-corrected chi connectivity index (χ3v) is 3.60. The summed E-state index contributed by atoms with van der Waals surface area (Å²) in [7, 11) is 0. The molecule has 1 aromatic heterocycles. The Morgan fingerprint density at radius 3 is 3.18 bits per heavy atom. The fourth-order valence-corrected chi connectivity index (χ4v) is 2.49. The molecule has 0 bridgehead atoms. The number of nitriles is 1. The Kier molecular flexibility index (Phi) is 4.12. The second-order valence-corrected chi connectivity index (χ2v) is 4.98. The minimum Gasteiger partial charge on any atom is -0.390 e. The van der Waals surface area contributed by atoms with Gasteiger partial charge >= 0.3 is 6.09 Å². The Hall–Kier alpha value is -2.72. The third-order valence-electron chi connectivity index (χ3n) is 3.60. The monoisotopic (exact) mass is 297 g/mol. The number of piperazine rings is 1. The first-order valence-electron chi connectivity index (χ1n) is 7.05. The molecule has 0 saturated carbocycles. The molecule has 112 valence electrons. The molecule has 2 aromatic rings. The molecule has 1 N–H and O–H groups in total. The summed E-state index contributed by atoms with van der Waals surface area (Å²) in [5.41, 5.74) is 0.717. The van der Waals surface area contributed by atoms with Crippen molar-refractivity contribution in [2.75, 3.05) is 19.6 Å². The van der Waals surface area contributed by atoms with Gasteiger partial charge in [0, 0.05) is 19.6 Å². The van der Waals surface area contributed by atoms with Crippen molar-refractivity contribution in [3.63, 3.8) is 0 Å². The minimum absolute atomic E-state index is 0.181. The number of benzene rings is 1. The van der Waals surface area contributed by atoms with Gasteiger partial charge in [0.15, 0.2) is 0 Å². The third kappa shape index (κ3) is 2.82. The molecule has 1 atom stereocenters. The number of hydrogen-bond donors (Lipinski definition) is 1. The average Bonchev–Trinajstić information content (AvgIpc) is 2.56. The van der Waals surface area contributed by atoms with Crippen LogP contribution in [0.4, 0.5) is 4.79 Å². The zero-order valence-corrected chi connectivity index (χ0v) is 11.9. The highest BCUT2D eigenvalue weighted by molar-refractivity contribution is 5.85. The van der Waals surface area contributed by atoms with Gasteiger partial charge < -0.3 is 15.0 Å². The van der Waals surface area contributed by atoms with Crippen molar-refractivity contribution in [1.29, 1.82) is 5.26 Å². The van der Waals surface area contributed by atoms with Crippen LogP contribution in [0.15, 0.2) is 30.6 Å². The summed E-state index contributed by atoms with van der Waals surface area (Å²) in [5.74, 6) is 0.241. The smallest absolute Gasteiger partial charge is 0.390 e. The van der Waals surface area contributed by atoms with Crippen molar-refractivity contribution in [3.05, 3.63) is 30.6 Å². The van der Waals surface area contributed by atoms with E-state index in [4.69, 9.17) is 10.00 Å². The van der Waals surface area contributed by atoms with E-state index in [1.807, 2.05) is 24.3 Å². The Morgan fingerprint density at radius 2 is 2.32 bits per heavy atom. The highest BCUT2D eigenvalue weighted by atomic mass is 16.6. The van der Waals surface area contributed by atoms with Crippen LogP contribution in [-0.2, 0) is 0 Å². The van der Waals surface area contributed by atoms with Crippen LogP contribution < -0.4 is 10.1 Å². The molecule has 22 heavy (non-hydrogen) atoms. The van der Waals surface area contributed by atoms with Crippen LogP contribution >= 0.6 is 0 Å². The highest BCUT2D eigenvalue weighted by Gasteiger charge is 2.28. The van der Waals surface area contributed by atoms with Gasteiger partial charge in [0.25, 0.3) is 0 Å². The number of carbonyl (C=O) groups excluding carboxylic acids is 1.